The molecule has 1 aromatic carbocycles. The molecule has 0 bridgehead atoms. The summed E-state index contributed by atoms with van der Waals surface area (Å²) < 4.78 is 27.9. The number of hydrogen-bond acceptors (Lipinski definition) is 5. The maximum Gasteiger partial charge on any atom is 0.243 e. The summed E-state index contributed by atoms with van der Waals surface area (Å²) in [6.07, 6.45) is 0.923. The minimum Gasteiger partial charge on any atom is -0.356 e. The van der Waals surface area contributed by atoms with Gasteiger partial charge in [-0.2, -0.15) is 4.31 Å². The Morgan fingerprint density at radius 1 is 1.10 bits per heavy atom. The summed E-state index contributed by atoms with van der Waals surface area (Å²) in [4.78, 5) is 8.07. The standard InChI is InChI=1S/C20H29N5O2S2.HI/c1-21-20(22-10-9-18-7-5-15-28-18)23-16-17-6-3-4-8-19(17)29(26,27)25-13-11-24(2)12-14-25;/h3-8,15H,9-14,16H2,1-2H3,(H2,21,22,23);1H. The second-order valence-electron chi connectivity index (χ2n) is 7.00. The summed E-state index contributed by atoms with van der Waals surface area (Å²) in [5.41, 5.74) is 0.743. The fourth-order valence-corrected chi connectivity index (χ4v) is 5.58. The van der Waals surface area contributed by atoms with Gasteiger partial charge in [-0.1, -0.05) is 24.3 Å². The predicted octanol–water partition coefficient (Wildman–Crippen LogP) is 2.21. The molecule has 0 saturated carbocycles. The maximum atomic E-state index is 13.2. The number of thiophene rings is 1. The number of likely N-dealkylation sites (N-methyl/N-ethyl adjacent to an activating group) is 1. The predicted molar refractivity (Wildman–Crippen MR) is 134 cm³/mol. The summed E-state index contributed by atoms with van der Waals surface area (Å²) in [6.45, 7) is 3.70. The van der Waals surface area contributed by atoms with Gasteiger partial charge in [0, 0.05) is 51.2 Å². The third-order valence-electron chi connectivity index (χ3n) is 4.97. The SMILES string of the molecule is CN=C(NCCc1cccs1)NCc1ccccc1S(=O)(=O)N1CCN(C)CC1.I. The van der Waals surface area contributed by atoms with Crippen LogP contribution in [0.25, 0.3) is 0 Å². The van der Waals surface area contributed by atoms with Crippen LogP contribution in [0, 0.1) is 0 Å². The number of aliphatic imine (C=N–C) groups is 1. The Morgan fingerprint density at radius 2 is 1.83 bits per heavy atom. The second-order valence-corrected chi connectivity index (χ2v) is 9.94. The molecule has 30 heavy (non-hydrogen) atoms. The van der Waals surface area contributed by atoms with Crippen molar-refractivity contribution in [2.45, 2.75) is 17.9 Å². The van der Waals surface area contributed by atoms with Crippen molar-refractivity contribution >= 4 is 51.3 Å². The van der Waals surface area contributed by atoms with Gasteiger partial charge in [0.05, 0.1) is 4.90 Å². The first-order valence-corrected chi connectivity index (χ1v) is 12.1. The second kappa shape index (κ2) is 12.0. The highest BCUT2D eigenvalue weighted by molar-refractivity contribution is 14.0. The highest BCUT2D eigenvalue weighted by Gasteiger charge is 2.29. The maximum absolute atomic E-state index is 13.2. The molecule has 1 aliphatic rings. The highest BCUT2D eigenvalue weighted by Crippen LogP contribution is 2.21. The molecule has 1 fully saturated rings. The largest absolute Gasteiger partial charge is 0.356 e. The van der Waals surface area contributed by atoms with E-state index >= 15 is 0 Å². The molecule has 1 saturated heterocycles. The first kappa shape index (κ1) is 25.1. The van der Waals surface area contributed by atoms with Gasteiger partial charge in [0.15, 0.2) is 5.96 Å². The van der Waals surface area contributed by atoms with Gasteiger partial charge in [0.1, 0.15) is 0 Å². The number of sulfonamides is 1. The zero-order valence-corrected chi connectivity index (χ0v) is 21.3. The number of rotatable bonds is 7. The molecule has 0 radical (unpaired) electrons. The van der Waals surface area contributed by atoms with Gasteiger partial charge in [-0.3, -0.25) is 4.99 Å². The van der Waals surface area contributed by atoms with E-state index in [-0.39, 0.29) is 24.0 Å². The first-order chi connectivity index (χ1) is 14.0. The van der Waals surface area contributed by atoms with Crippen LogP contribution in [0.4, 0.5) is 0 Å². The third-order valence-corrected chi connectivity index (χ3v) is 7.90. The van der Waals surface area contributed by atoms with Crippen LogP contribution in [0.1, 0.15) is 10.4 Å². The van der Waals surface area contributed by atoms with Crippen LogP contribution in [-0.4, -0.2) is 70.4 Å². The molecule has 10 heteroatoms. The van der Waals surface area contributed by atoms with Crippen molar-refractivity contribution in [2.24, 2.45) is 4.99 Å². The van der Waals surface area contributed by atoms with E-state index in [0.29, 0.717) is 30.5 Å². The molecule has 2 N–H and O–H groups in total. The molecule has 2 heterocycles. The number of halogens is 1. The van der Waals surface area contributed by atoms with Crippen molar-refractivity contribution in [3.63, 3.8) is 0 Å². The van der Waals surface area contributed by atoms with Crippen molar-refractivity contribution in [3.8, 4) is 0 Å². The molecule has 7 nitrogen and oxygen atoms in total. The molecule has 1 aromatic heterocycles. The van der Waals surface area contributed by atoms with E-state index in [0.717, 1.165) is 31.6 Å². The fraction of sp³-hybridized carbons (Fsp3) is 0.450. The topological polar surface area (TPSA) is 77.0 Å². The van der Waals surface area contributed by atoms with Crippen molar-refractivity contribution in [1.29, 1.82) is 0 Å². The van der Waals surface area contributed by atoms with Crippen LogP contribution < -0.4 is 10.6 Å². The van der Waals surface area contributed by atoms with E-state index in [1.54, 1.807) is 34.8 Å². The molecular weight excluding hydrogens is 533 g/mol. The van der Waals surface area contributed by atoms with Gasteiger partial charge < -0.3 is 15.5 Å². The monoisotopic (exact) mass is 563 g/mol. The molecule has 0 atom stereocenters. The smallest absolute Gasteiger partial charge is 0.243 e. The molecule has 3 rings (SSSR count). The van der Waals surface area contributed by atoms with Crippen LogP contribution in [0.3, 0.4) is 0 Å². The average Bonchev–Trinajstić information content (AvgIpc) is 3.24. The van der Waals surface area contributed by atoms with E-state index in [4.69, 9.17) is 0 Å². The lowest BCUT2D eigenvalue weighted by atomic mass is 10.2. The van der Waals surface area contributed by atoms with Gasteiger partial charge in [-0.15, -0.1) is 35.3 Å². The lowest BCUT2D eigenvalue weighted by Gasteiger charge is -2.32. The Kier molecular flexibility index (Phi) is 10.0. The summed E-state index contributed by atoms with van der Waals surface area (Å²) in [7, 11) is 0.219. The van der Waals surface area contributed by atoms with Gasteiger partial charge in [-0.05, 0) is 36.5 Å². The number of piperazine rings is 1. The van der Waals surface area contributed by atoms with Crippen LogP contribution in [0.2, 0.25) is 0 Å². The summed E-state index contributed by atoms with van der Waals surface area (Å²) in [5.74, 6) is 0.661. The average molecular weight is 564 g/mol. The molecule has 166 valence electrons. The normalized spacial score (nSPS) is 16.1. The van der Waals surface area contributed by atoms with Gasteiger partial charge in [-0.25, -0.2) is 8.42 Å². The number of hydrogen-bond donors (Lipinski definition) is 2. The van der Waals surface area contributed by atoms with Crippen molar-refractivity contribution < 1.29 is 8.42 Å². The summed E-state index contributed by atoms with van der Waals surface area (Å²) in [6, 6.07) is 11.4. The lowest BCUT2D eigenvalue weighted by Crippen LogP contribution is -2.47. The molecular formula is C20H30IN5O2S2. The molecule has 0 unspecified atom stereocenters. The van der Waals surface area contributed by atoms with Crippen molar-refractivity contribution in [2.75, 3.05) is 46.8 Å². The highest BCUT2D eigenvalue weighted by atomic mass is 127. The fourth-order valence-electron chi connectivity index (χ4n) is 3.23. The summed E-state index contributed by atoms with van der Waals surface area (Å²) >= 11 is 1.74. The quantitative estimate of drug-likeness (QED) is 0.307. The molecule has 2 aromatic rings. The number of nitrogens with zero attached hydrogens (tertiary/aromatic N) is 3. The Balaban J connectivity index is 0.00000320. The Hall–Kier alpha value is -1.21. The van der Waals surface area contributed by atoms with Gasteiger partial charge >= 0.3 is 0 Å². The van der Waals surface area contributed by atoms with Crippen LogP contribution in [0.15, 0.2) is 51.7 Å². The number of guanidine groups is 1. The Bertz CT molecular complexity index is 911. The van der Waals surface area contributed by atoms with Crippen LogP contribution in [-0.2, 0) is 23.0 Å². The van der Waals surface area contributed by atoms with E-state index < -0.39 is 10.0 Å². The zero-order valence-electron chi connectivity index (χ0n) is 17.4. The van der Waals surface area contributed by atoms with Crippen molar-refractivity contribution in [1.82, 2.24) is 19.8 Å². The van der Waals surface area contributed by atoms with E-state index in [1.807, 2.05) is 25.2 Å². The number of benzene rings is 1. The minimum atomic E-state index is -3.51. The first-order valence-electron chi connectivity index (χ1n) is 9.74. The lowest BCUT2D eigenvalue weighted by molar-refractivity contribution is 0.222. The van der Waals surface area contributed by atoms with Gasteiger partial charge in [0.2, 0.25) is 10.0 Å². The molecule has 0 amide bonds. The zero-order chi connectivity index (χ0) is 20.7. The Labute approximate surface area is 200 Å². The molecule has 1 aliphatic heterocycles. The summed E-state index contributed by atoms with van der Waals surface area (Å²) in [5, 5.41) is 8.59. The van der Waals surface area contributed by atoms with E-state index in [1.165, 1.54) is 4.88 Å². The van der Waals surface area contributed by atoms with Gasteiger partial charge in [0.25, 0.3) is 0 Å². The Morgan fingerprint density at radius 3 is 2.50 bits per heavy atom. The molecule has 0 aliphatic carbocycles. The van der Waals surface area contributed by atoms with E-state index in [2.05, 4.69) is 32.0 Å². The van der Waals surface area contributed by atoms with Crippen molar-refractivity contribution in [3.05, 3.63) is 52.2 Å². The third kappa shape index (κ3) is 6.64. The minimum absolute atomic E-state index is 0. The van der Waals surface area contributed by atoms with Crippen LogP contribution in [0.5, 0.6) is 0 Å². The molecule has 0 spiro atoms. The van der Waals surface area contributed by atoms with E-state index in [9.17, 15) is 8.42 Å². The number of nitrogens with one attached hydrogen (secondary N) is 2. The van der Waals surface area contributed by atoms with Crippen LogP contribution >= 0.6 is 35.3 Å².